The molecule has 0 saturated heterocycles. The van der Waals surface area contributed by atoms with E-state index in [4.69, 9.17) is 15.0 Å². The van der Waals surface area contributed by atoms with Crippen LogP contribution in [0, 0.1) is 0 Å². The molecule has 1 unspecified atom stereocenters. The molecule has 1 atom stereocenters. The predicted molar refractivity (Wildman–Crippen MR) is 55.1 cm³/mol. The van der Waals surface area contributed by atoms with Gasteiger partial charge < -0.3 is 19.9 Å². The van der Waals surface area contributed by atoms with Crippen LogP contribution in [0.4, 0.5) is 0 Å². The zero-order valence-electron chi connectivity index (χ0n) is 9.43. The molecule has 1 rings (SSSR count). The van der Waals surface area contributed by atoms with E-state index in [0.717, 1.165) is 0 Å². The van der Waals surface area contributed by atoms with Gasteiger partial charge in [0.1, 0.15) is 6.10 Å². The molecule has 1 heterocycles. The lowest BCUT2D eigenvalue weighted by Gasteiger charge is -2.08. The van der Waals surface area contributed by atoms with Crippen LogP contribution in [0.5, 0.6) is 0 Å². The van der Waals surface area contributed by atoms with Crippen molar-refractivity contribution in [2.75, 3.05) is 27.2 Å². The summed E-state index contributed by atoms with van der Waals surface area (Å²) in [5, 5.41) is 3.84. The fourth-order valence-corrected chi connectivity index (χ4v) is 1.19. The van der Waals surface area contributed by atoms with Crippen LogP contribution in [0.2, 0.25) is 0 Å². The van der Waals surface area contributed by atoms with Crippen LogP contribution >= 0.6 is 0 Å². The van der Waals surface area contributed by atoms with E-state index in [1.165, 1.54) is 0 Å². The van der Waals surface area contributed by atoms with Gasteiger partial charge in [0.05, 0.1) is 6.54 Å². The summed E-state index contributed by atoms with van der Waals surface area (Å²) in [7, 11) is 3.89. The van der Waals surface area contributed by atoms with Gasteiger partial charge in [-0.05, 0) is 21.0 Å². The Kier molecular flexibility index (Phi) is 4.67. The normalized spacial score (nSPS) is 13.4. The number of ether oxygens (including phenoxy) is 1. The van der Waals surface area contributed by atoms with E-state index in [1.54, 1.807) is 0 Å². The SMILES string of the molecule is CCOC(CN)c1nc(CN(C)C)no1. The standard InChI is InChI=1S/C9H18N4O2/c1-4-14-7(5-10)9-11-8(12-15-9)6-13(2)3/h7H,4-6,10H2,1-3H3. The Morgan fingerprint density at radius 2 is 2.27 bits per heavy atom. The first kappa shape index (κ1) is 12.1. The molecule has 0 fully saturated rings. The van der Waals surface area contributed by atoms with Crippen LogP contribution in [0.1, 0.15) is 24.7 Å². The van der Waals surface area contributed by atoms with Crippen molar-refractivity contribution in [1.82, 2.24) is 15.0 Å². The molecule has 0 aromatic carbocycles. The highest BCUT2D eigenvalue weighted by Gasteiger charge is 2.17. The minimum Gasteiger partial charge on any atom is -0.367 e. The van der Waals surface area contributed by atoms with Gasteiger partial charge in [-0.15, -0.1) is 0 Å². The van der Waals surface area contributed by atoms with Gasteiger partial charge in [-0.1, -0.05) is 5.16 Å². The molecule has 6 heteroatoms. The number of aromatic nitrogens is 2. The molecule has 0 aliphatic rings. The van der Waals surface area contributed by atoms with Gasteiger partial charge in [0.2, 0.25) is 0 Å². The summed E-state index contributed by atoms with van der Waals surface area (Å²) in [6.07, 6.45) is -0.293. The molecule has 0 saturated carbocycles. The van der Waals surface area contributed by atoms with Gasteiger partial charge in [0.15, 0.2) is 5.82 Å². The fraction of sp³-hybridized carbons (Fsp3) is 0.778. The highest BCUT2D eigenvalue weighted by Crippen LogP contribution is 2.13. The first-order valence-corrected chi connectivity index (χ1v) is 4.96. The predicted octanol–water partition coefficient (Wildman–Crippen LogP) is 0.168. The number of nitrogens with zero attached hydrogens (tertiary/aromatic N) is 3. The summed E-state index contributed by atoms with van der Waals surface area (Å²) >= 11 is 0. The van der Waals surface area contributed by atoms with Crippen molar-refractivity contribution in [2.24, 2.45) is 5.73 Å². The zero-order valence-corrected chi connectivity index (χ0v) is 9.43. The first-order valence-electron chi connectivity index (χ1n) is 4.96. The van der Waals surface area contributed by atoms with Gasteiger partial charge in [-0.3, -0.25) is 0 Å². The van der Waals surface area contributed by atoms with Crippen LogP contribution in [0.3, 0.4) is 0 Å². The first-order chi connectivity index (χ1) is 7.17. The lowest BCUT2D eigenvalue weighted by Crippen LogP contribution is -2.16. The van der Waals surface area contributed by atoms with Gasteiger partial charge in [-0.25, -0.2) is 0 Å². The van der Waals surface area contributed by atoms with E-state index < -0.39 is 0 Å². The Labute approximate surface area is 89.4 Å². The maximum Gasteiger partial charge on any atom is 0.257 e. The number of hydrogen-bond donors (Lipinski definition) is 1. The minimum absolute atomic E-state index is 0.293. The summed E-state index contributed by atoms with van der Waals surface area (Å²) in [6, 6.07) is 0. The average molecular weight is 214 g/mol. The molecule has 6 nitrogen and oxygen atoms in total. The molecular weight excluding hydrogens is 196 g/mol. The van der Waals surface area contributed by atoms with Crippen molar-refractivity contribution in [1.29, 1.82) is 0 Å². The lowest BCUT2D eigenvalue weighted by molar-refractivity contribution is 0.0448. The summed E-state index contributed by atoms with van der Waals surface area (Å²) in [5.74, 6) is 1.10. The number of hydrogen-bond acceptors (Lipinski definition) is 6. The van der Waals surface area contributed by atoms with Crippen molar-refractivity contribution in [2.45, 2.75) is 19.6 Å². The van der Waals surface area contributed by atoms with Crippen LogP contribution in [0.25, 0.3) is 0 Å². The topological polar surface area (TPSA) is 77.4 Å². The zero-order chi connectivity index (χ0) is 11.3. The van der Waals surface area contributed by atoms with Crippen molar-refractivity contribution in [3.63, 3.8) is 0 Å². The molecule has 0 amide bonds. The van der Waals surface area contributed by atoms with Gasteiger partial charge in [-0.2, -0.15) is 4.98 Å². The molecule has 2 N–H and O–H groups in total. The van der Waals surface area contributed by atoms with Gasteiger partial charge >= 0.3 is 0 Å². The Balaban J connectivity index is 2.64. The van der Waals surface area contributed by atoms with E-state index in [0.29, 0.717) is 31.4 Å². The van der Waals surface area contributed by atoms with Gasteiger partial charge in [0.25, 0.3) is 5.89 Å². The molecular formula is C9H18N4O2. The van der Waals surface area contributed by atoms with Crippen LogP contribution in [-0.2, 0) is 11.3 Å². The monoisotopic (exact) mass is 214 g/mol. The lowest BCUT2D eigenvalue weighted by atomic mass is 10.3. The van der Waals surface area contributed by atoms with Crippen LogP contribution in [-0.4, -0.2) is 42.3 Å². The smallest absolute Gasteiger partial charge is 0.257 e. The van der Waals surface area contributed by atoms with Crippen molar-refractivity contribution < 1.29 is 9.26 Å². The average Bonchev–Trinajstić information content (AvgIpc) is 2.61. The maximum absolute atomic E-state index is 5.54. The van der Waals surface area contributed by atoms with Crippen molar-refractivity contribution in [3.05, 3.63) is 11.7 Å². The Morgan fingerprint density at radius 1 is 1.53 bits per heavy atom. The summed E-state index contributed by atoms with van der Waals surface area (Å²) in [6.45, 7) is 3.47. The molecule has 0 bridgehead atoms. The van der Waals surface area contributed by atoms with Crippen LogP contribution < -0.4 is 5.73 Å². The third-order valence-electron chi connectivity index (χ3n) is 1.80. The Hall–Kier alpha value is -0.980. The van der Waals surface area contributed by atoms with Gasteiger partial charge in [0, 0.05) is 13.2 Å². The quantitative estimate of drug-likeness (QED) is 0.727. The third-order valence-corrected chi connectivity index (χ3v) is 1.80. The molecule has 1 aromatic heterocycles. The van der Waals surface area contributed by atoms with E-state index in [2.05, 4.69) is 10.1 Å². The minimum atomic E-state index is -0.293. The summed E-state index contributed by atoms with van der Waals surface area (Å²) < 4.78 is 10.4. The van der Waals surface area contributed by atoms with E-state index in [-0.39, 0.29) is 6.10 Å². The van der Waals surface area contributed by atoms with Crippen LogP contribution in [0.15, 0.2) is 4.52 Å². The van der Waals surface area contributed by atoms with E-state index in [1.807, 2.05) is 25.9 Å². The molecule has 0 radical (unpaired) electrons. The Morgan fingerprint density at radius 3 is 2.80 bits per heavy atom. The Bertz CT molecular complexity index is 287. The molecule has 0 spiro atoms. The van der Waals surface area contributed by atoms with E-state index in [9.17, 15) is 0 Å². The number of nitrogens with two attached hydrogens (primary N) is 1. The van der Waals surface area contributed by atoms with Crippen molar-refractivity contribution in [3.8, 4) is 0 Å². The largest absolute Gasteiger partial charge is 0.367 e. The molecule has 0 aliphatic heterocycles. The fourth-order valence-electron chi connectivity index (χ4n) is 1.19. The summed E-state index contributed by atoms with van der Waals surface area (Å²) in [4.78, 5) is 6.18. The van der Waals surface area contributed by atoms with Crippen molar-refractivity contribution >= 4 is 0 Å². The second-order valence-electron chi connectivity index (χ2n) is 3.47. The third kappa shape index (κ3) is 3.58. The molecule has 0 aliphatic carbocycles. The molecule has 86 valence electrons. The number of rotatable bonds is 6. The van der Waals surface area contributed by atoms with E-state index >= 15 is 0 Å². The second-order valence-corrected chi connectivity index (χ2v) is 3.47. The highest BCUT2D eigenvalue weighted by molar-refractivity contribution is 4.90. The highest BCUT2D eigenvalue weighted by atomic mass is 16.5. The molecule has 1 aromatic rings. The maximum atomic E-state index is 5.54. The second kappa shape index (κ2) is 5.79. The summed E-state index contributed by atoms with van der Waals surface area (Å²) in [5.41, 5.74) is 5.54. The molecule has 15 heavy (non-hydrogen) atoms.